The van der Waals surface area contributed by atoms with E-state index in [-0.39, 0.29) is 6.10 Å². The molecule has 0 aliphatic heterocycles. The second-order valence-electron chi connectivity index (χ2n) is 3.96. The largest absolute Gasteiger partial charge is 0.391 e. The predicted molar refractivity (Wildman–Crippen MR) is 60.8 cm³/mol. The molecule has 14 heavy (non-hydrogen) atoms. The minimum atomic E-state index is -0.279. The standard InChI is InChI=1S/C10H18N2OS/c1-7(2)4-9(13)5-11-10-12-8(3)6-14-10/h6-7,9,13H,4-5H2,1-3H3,(H,11,12). The minimum Gasteiger partial charge on any atom is -0.391 e. The number of nitrogens with zero attached hydrogens (tertiary/aromatic N) is 1. The number of aryl methyl sites for hydroxylation is 1. The molecule has 0 radical (unpaired) electrons. The molecule has 0 spiro atoms. The van der Waals surface area contributed by atoms with E-state index in [4.69, 9.17) is 0 Å². The van der Waals surface area contributed by atoms with E-state index in [2.05, 4.69) is 24.1 Å². The summed E-state index contributed by atoms with van der Waals surface area (Å²) >= 11 is 1.58. The van der Waals surface area contributed by atoms with Crippen molar-refractivity contribution in [2.75, 3.05) is 11.9 Å². The Balaban J connectivity index is 2.26. The van der Waals surface area contributed by atoms with Crippen LogP contribution in [-0.2, 0) is 0 Å². The Kier molecular flexibility index (Phi) is 4.35. The normalized spacial score (nSPS) is 13.2. The molecule has 80 valence electrons. The first-order chi connectivity index (χ1) is 6.58. The van der Waals surface area contributed by atoms with Gasteiger partial charge in [0.2, 0.25) is 0 Å². The molecule has 1 atom stereocenters. The first kappa shape index (κ1) is 11.5. The Morgan fingerprint density at radius 3 is 2.79 bits per heavy atom. The fourth-order valence-corrected chi connectivity index (χ4v) is 1.97. The molecule has 1 unspecified atom stereocenters. The van der Waals surface area contributed by atoms with Gasteiger partial charge in [-0.05, 0) is 19.3 Å². The van der Waals surface area contributed by atoms with Crippen LogP contribution in [0.4, 0.5) is 5.13 Å². The third-order valence-corrected chi connectivity index (χ3v) is 2.77. The highest BCUT2D eigenvalue weighted by Gasteiger charge is 2.07. The first-order valence-electron chi connectivity index (χ1n) is 4.92. The SMILES string of the molecule is Cc1csc(NCC(O)CC(C)C)n1. The lowest BCUT2D eigenvalue weighted by molar-refractivity contribution is 0.161. The second kappa shape index (κ2) is 5.32. The van der Waals surface area contributed by atoms with E-state index in [1.54, 1.807) is 11.3 Å². The summed E-state index contributed by atoms with van der Waals surface area (Å²) in [6, 6.07) is 0. The summed E-state index contributed by atoms with van der Waals surface area (Å²) in [5.74, 6) is 0.532. The molecule has 1 heterocycles. The van der Waals surface area contributed by atoms with Gasteiger partial charge in [-0.15, -0.1) is 11.3 Å². The van der Waals surface area contributed by atoms with Crippen molar-refractivity contribution in [2.24, 2.45) is 5.92 Å². The molecule has 0 bridgehead atoms. The summed E-state index contributed by atoms with van der Waals surface area (Å²) in [6.07, 6.45) is 0.552. The Bertz CT molecular complexity index is 273. The number of nitrogens with one attached hydrogen (secondary N) is 1. The number of hydrogen-bond acceptors (Lipinski definition) is 4. The molecule has 0 saturated heterocycles. The minimum absolute atomic E-state index is 0.279. The number of thiazole rings is 1. The van der Waals surface area contributed by atoms with Crippen molar-refractivity contribution < 1.29 is 5.11 Å². The maximum Gasteiger partial charge on any atom is 0.182 e. The number of aliphatic hydroxyl groups is 1. The van der Waals surface area contributed by atoms with Crippen LogP contribution >= 0.6 is 11.3 Å². The van der Waals surface area contributed by atoms with Gasteiger partial charge in [0.25, 0.3) is 0 Å². The van der Waals surface area contributed by atoms with E-state index in [1.165, 1.54) is 0 Å². The maximum absolute atomic E-state index is 9.60. The van der Waals surface area contributed by atoms with Crippen molar-refractivity contribution >= 4 is 16.5 Å². The zero-order chi connectivity index (χ0) is 10.6. The molecule has 0 amide bonds. The van der Waals surface area contributed by atoms with Crippen LogP contribution < -0.4 is 5.32 Å². The molecular formula is C10H18N2OS. The molecule has 0 fully saturated rings. The van der Waals surface area contributed by atoms with Crippen molar-refractivity contribution in [3.05, 3.63) is 11.1 Å². The summed E-state index contributed by atoms with van der Waals surface area (Å²) < 4.78 is 0. The molecule has 0 saturated carbocycles. The van der Waals surface area contributed by atoms with Crippen molar-refractivity contribution in [1.82, 2.24) is 4.98 Å². The molecule has 3 nitrogen and oxygen atoms in total. The molecule has 0 aliphatic rings. The lowest BCUT2D eigenvalue weighted by Crippen LogP contribution is -2.21. The Morgan fingerprint density at radius 1 is 1.57 bits per heavy atom. The van der Waals surface area contributed by atoms with Crippen molar-refractivity contribution in [2.45, 2.75) is 33.3 Å². The molecular weight excluding hydrogens is 196 g/mol. The summed E-state index contributed by atoms with van der Waals surface area (Å²) in [6.45, 7) is 6.77. The number of rotatable bonds is 5. The average Bonchev–Trinajstić information content (AvgIpc) is 2.47. The van der Waals surface area contributed by atoms with Crippen LogP contribution in [0.15, 0.2) is 5.38 Å². The summed E-state index contributed by atoms with van der Waals surface area (Å²) in [4.78, 5) is 4.26. The van der Waals surface area contributed by atoms with Gasteiger partial charge in [0.05, 0.1) is 11.8 Å². The topological polar surface area (TPSA) is 45.1 Å². The zero-order valence-electron chi connectivity index (χ0n) is 8.95. The Morgan fingerprint density at radius 2 is 2.29 bits per heavy atom. The van der Waals surface area contributed by atoms with Crippen LogP contribution in [0, 0.1) is 12.8 Å². The number of aromatic nitrogens is 1. The van der Waals surface area contributed by atoms with Gasteiger partial charge in [0.1, 0.15) is 0 Å². The van der Waals surface area contributed by atoms with Crippen LogP contribution in [0.3, 0.4) is 0 Å². The van der Waals surface area contributed by atoms with E-state index in [9.17, 15) is 5.11 Å². The fourth-order valence-electron chi connectivity index (χ4n) is 1.27. The van der Waals surface area contributed by atoms with E-state index in [1.807, 2.05) is 12.3 Å². The number of hydrogen-bond donors (Lipinski definition) is 2. The third kappa shape index (κ3) is 4.07. The molecule has 1 rings (SSSR count). The molecule has 0 aromatic carbocycles. The fraction of sp³-hybridized carbons (Fsp3) is 0.700. The number of aliphatic hydroxyl groups excluding tert-OH is 1. The Hall–Kier alpha value is -0.610. The molecule has 1 aromatic heterocycles. The zero-order valence-corrected chi connectivity index (χ0v) is 9.77. The van der Waals surface area contributed by atoms with Crippen molar-refractivity contribution in [1.29, 1.82) is 0 Å². The van der Waals surface area contributed by atoms with Gasteiger partial charge in [-0.3, -0.25) is 0 Å². The molecule has 4 heteroatoms. The third-order valence-electron chi connectivity index (χ3n) is 1.85. The van der Waals surface area contributed by atoms with E-state index in [0.29, 0.717) is 12.5 Å². The van der Waals surface area contributed by atoms with Gasteiger partial charge in [-0.1, -0.05) is 13.8 Å². The van der Waals surface area contributed by atoms with Crippen LogP contribution in [0.2, 0.25) is 0 Å². The Labute approximate surface area is 89.2 Å². The van der Waals surface area contributed by atoms with Gasteiger partial charge in [-0.2, -0.15) is 0 Å². The first-order valence-corrected chi connectivity index (χ1v) is 5.80. The summed E-state index contributed by atoms with van der Waals surface area (Å²) in [5, 5.41) is 15.6. The van der Waals surface area contributed by atoms with Gasteiger partial charge in [0, 0.05) is 11.9 Å². The van der Waals surface area contributed by atoms with Gasteiger partial charge < -0.3 is 10.4 Å². The second-order valence-corrected chi connectivity index (χ2v) is 4.82. The highest BCUT2D eigenvalue weighted by molar-refractivity contribution is 7.13. The van der Waals surface area contributed by atoms with Crippen LogP contribution in [0.5, 0.6) is 0 Å². The summed E-state index contributed by atoms with van der Waals surface area (Å²) in [5.41, 5.74) is 1.02. The van der Waals surface area contributed by atoms with Crippen molar-refractivity contribution in [3.63, 3.8) is 0 Å². The quantitative estimate of drug-likeness (QED) is 0.790. The van der Waals surface area contributed by atoms with Gasteiger partial charge in [0.15, 0.2) is 5.13 Å². The molecule has 0 aliphatic carbocycles. The smallest absolute Gasteiger partial charge is 0.182 e. The van der Waals surface area contributed by atoms with Crippen LogP contribution in [0.25, 0.3) is 0 Å². The average molecular weight is 214 g/mol. The lowest BCUT2D eigenvalue weighted by atomic mass is 10.1. The van der Waals surface area contributed by atoms with Crippen LogP contribution in [-0.4, -0.2) is 22.7 Å². The highest BCUT2D eigenvalue weighted by Crippen LogP contribution is 2.14. The highest BCUT2D eigenvalue weighted by atomic mass is 32.1. The van der Waals surface area contributed by atoms with Crippen molar-refractivity contribution in [3.8, 4) is 0 Å². The lowest BCUT2D eigenvalue weighted by Gasteiger charge is -2.12. The van der Waals surface area contributed by atoms with Gasteiger partial charge in [-0.25, -0.2) is 4.98 Å². The van der Waals surface area contributed by atoms with E-state index in [0.717, 1.165) is 17.2 Å². The monoisotopic (exact) mass is 214 g/mol. The summed E-state index contributed by atoms with van der Waals surface area (Å²) in [7, 11) is 0. The maximum atomic E-state index is 9.60. The van der Waals surface area contributed by atoms with E-state index < -0.39 is 0 Å². The predicted octanol–water partition coefficient (Wildman–Crippen LogP) is 2.27. The van der Waals surface area contributed by atoms with Gasteiger partial charge >= 0.3 is 0 Å². The molecule has 2 N–H and O–H groups in total. The number of anilines is 1. The van der Waals surface area contributed by atoms with Crippen LogP contribution in [0.1, 0.15) is 26.0 Å². The van der Waals surface area contributed by atoms with E-state index >= 15 is 0 Å². The molecule has 1 aromatic rings.